The summed E-state index contributed by atoms with van der Waals surface area (Å²) in [5, 5.41) is 6.91. The van der Waals surface area contributed by atoms with Gasteiger partial charge < -0.3 is 31.3 Å². The summed E-state index contributed by atoms with van der Waals surface area (Å²) in [7, 11) is 0. The molecule has 2 fully saturated rings. The fourth-order valence-electron chi connectivity index (χ4n) is 4.80. The largest absolute Gasteiger partial charge is 0.444 e. The Kier molecular flexibility index (Phi) is 9.83. The minimum absolute atomic E-state index is 0.0443. The third-order valence-electron chi connectivity index (χ3n) is 7.12. The van der Waals surface area contributed by atoms with Crippen LogP contribution in [-0.2, 0) is 23.9 Å². The summed E-state index contributed by atoms with van der Waals surface area (Å²) in [6, 6.07) is 6.65. The highest BCUT2D eigenvalue weighted by Crippen LogP contribution is 2.52. The number of nitrogens with two attached hydrogens (primary N) is 1. The number of amides is 5. The van der Waals surface area contributed by atoms with E-state index in [-0.39, 0.29) is 25.6 Å². The van der Waals surface area contributed by atoms with Crippen LogP contribution in [0.4, 0.5) is 4.79 Å². The van der Waals surface area contributed by atoms with E-state index in [0.29, 0.717) is 24.8 Å². The Balaban J connectivity index is 1.70. The van der Waals surface area contributed by atoms with Crippen molar-refractivity contribution in [3.8, 4) is 0 Å². The number of likely N-dealkylation sites (tertiary alicyclic amines) is 1. The standard InChI is InChI=1S/C28H38ClN5O6/c1-5-18-14-28(18,25(30)38)16-32-22(35)20-12-9-13-34(20)24(37)19(33-26(39)40-27(2,3)4)15-31-23(36)21(29)17-10-7-6-8-11-17/h5-8,10-11,18-21H,1,9,12-16H2,2-4H3,(H2,30,38)(H,31,36)(H,32,35)(H,33,39)/t18?,19?,20?,21?,28-/m1/s1. The third-order valence-corrected chi connectivity index (χ3v) is 7.57. The number of hydrogen-bond acceptors (Lipinski definition) is 6. The van der Waals surface area contributed by atoms with Crippen molar-refractivity contribution >= 4 is 41.3 Å². The molecule has 1 aliphatic carbocycles. The minimum atomic E-state index is -1.22. The number of ether oxygens (including phenoxy) is 1. The van der Waals surface area contributed by atoms with Crippen LogP contribution in [0.15, 0.2) is 43.0 Å². The van der Waals surface area contributed by atoms with Gasteiger partial charge in [0.1, 0.15) is 23.1 Å². The van der Waals surface area contributed by atoms with Crippen molar-refractivity contribution < 1.29 is 28.7 Å². The van der Waals surface area contributed by atoms with E-state index in [1.807, 2.05) is 0 Å². The van der Waals surface area contributed by atoms with Gasteiger partial charge in [0.25, 0.3) is 0 Å². The lowest BCUT2D eigenvalue weighted by Gasteiger charge is -2.30. The van der Waals surface area contributed by atoms with Gasteiger partial charge >= 0.3 is 6.09 Å². The molecule has 218 valence electrons. The molecule has 12 heteroatoms. The Labute approximate surface area is 239 Å². The van der Waals surface area contributed by atoms with Gasteiger partial charge in [-0.3, -0.25) is 19.2 Å². The van der Waals surface area contributed by atoms with Gasteiger partial charge in [-0.1, -0.05) is 36.4 Å². The fraction of sp³-hybridized carbons (Fsp3) is 0.536. The van der Waals surface area contributed by atoms with Crippen LogP contribution in [0.3, 0.4) is 0 Å². The number of carbonyl (C=O) groups excluding carboxylic acids is 5. The summed E-state index contributed by atoms with van der Waals surface area (Å²) in [6.45, 7) is 8.79. The lowest BCUT2D eigenvalue weighted by Crippen LogP contribution is -2.57. The van der Waals surface area contributed by atoms with Crippen molar-refractivity contribution in [1.29, 1.82) is 0 Å². The van der Waals surface area contributed by atoms with Gasteiger partial charge in [0.15, 0.2) is 0 Å². The first-order valence-corrected chi connectivity index (χ1v) is 13.7. The first kappa shape index (κ1) is 30.9. The molecule has 11 nitrogen and oxygen atoms in total. The molecule has 0 bridgehead atoms. The summed E-state index contributed by atoms with van der Waals surface area (Å²) in [6.07, 6.45) is 2.26. The van der Waals surface area contributed by atoms with Gasteiger partial charge in [0.05, 0.1) is 5.41 Å². The van der Waals surface area contributed by atoms with Crippen molar-refractivity contribution in [2.45, 2.75) is 63.1 Å². The minimum Gasteiger partial charge on any atom is -0.444 e. The van der Waals surface area contributed by atoms with E-state index in [9.17, 15) is 24.0 Å². The molecule has 5 amide bonds. The Hall–Kier alpha value is -3.60. The maximum absolute atomic E-state index is 13.6. The topological polar surface area (TPSA) is 160 Å². The van der Waals surface area contributed by atoms with Crippen LogP contribution in [0.5, 0.6) is 0 Å². The van der Waals surface area contributed by atoms with Crippen molar-refractivity contribution in [3.05, 3.63) is 48.6 Å². The Bertz CT molecular complexity index is 1140. The van der Waals surface area contributed by atoms with Gasteiger partial charge in [-0.15, -0.1) is 18.2 Å². The Morgan fingerprint density at radius 2 is 1.88 bits per heavy atom. The number of primary amides is 1. The summed E-state index contributed by atoms with van der Waals surface area (Å²) >= 11 is 6.31. The predicted octanol–water partition coefficient (Wildman–Crippen LogP) is 1.76. The molecule has 1 saturated heterocycles. The number of rotatable bonds is 11. The first-order valence-electron chi connectivity index (χ1n) is 13.3. The van der Waals surface area contributed by atoms with Crippen molar-refractivity contribution in [2.24, 2.45) is 17.1 Å². The second-order valence-electron chi connectivity index (χ2n) is 11.2. The van der Waals surface area contributed by atoms with E-state index in [0.717, 1.165) is 0 Å². The highest BCUT2D eigenvalue weighted by atomic mass is 35.5. The maximum atomic E-state index is 13.6. The molecule has 4 unspecified atom stereocenters. The van der Waals surface area contributed by atoms with Gasteiger partial charge in [0, 0.05) is 19.6 Å². The second kappa shape index (κ2) is 12.7. The monoisotopic (exact) mass is 575 g/mol. The Morgan fingerprint density at radius 1 is 1.20 bits per heavy atom. The smallest absolute Gasteiger partial charge is 0.408 e. The molecule has 1 saturated carbocycles. The van der Waals surface area contributed by atoms with Crippen molar-refractivity contribution in [3.63, 3.8) is 0 Å². The summed E-state index contributed by atoms with van der Waals surface area (Å²) < 4.78 is 5.31. The van der Waals surface area contributed by atoms with Crippen LogP contribution in [0.25, 0.3) is 0 Å². The third kappa shape index (κ3) is 7.53. The molecule has 2 aliphatic rings. The first-order chi connectivity index (χ1) is 18.8. The SMILES string of the molecule is C=CC1C[C@]1(CNC(=O)C1CCCN1C(=O)C(CNC(=O)C(Cl)c1ccccc1)NC(=O)OC(C)(C)C)C(N)=O. The predicted molar refractivity (Wildman–Crippen MR) is 149 cm³/mol. The molecule has 0 spiro atoms. The molecule has 3 rings (SSSR count). The van der Waals surface area contributed by atoms with Crippen molar-refractivity contribution in [2.75, 3.05) is 19.6 Å². The van der Waals surface area contributed by atoms with E-state index in [1.54, 1.807) is 57.2 Å². The van der Waals surface area contributed by atoms with Crippen LogP contribution in [0.2, 0.25) is 0 Å². The number of hydrogen-bond donors (Lipinski definition) is 4. The van der Waals surface area contributed by atoms with E-state index in [2.05, 4.69) is 22.5 Å². The van der Waals surface area contributed by atoms with Gasteiger partial charge in [-0.25, -0.2) is 4.79 Å². The van der Waals surface area contributed by atoms with Crippen LogP contribution in [-0.4, -0.2) is 71.9 Å². The van der Waals surface area contributed by atoms with Crippen LogP contribution in [0.1, 0.15) is 51.0 Å². The number of alkyl carbamates (subject to hydrolysis) is 1. The van der Waals surface area contributed by atoms with E-state index < -0.39 is 58.2 Å². The average molecular weight is 576 g/mol. The fourth-order valence-corrected chi connectivity index (χ4v) is 5.02. The molecule has 0 aromatic heterocycles. The zero-order chi connectivity index (χ0) is 29.7. The van der Waals surface area contributed by atoms with E-state index in [4.69, 9.17) is 22.1 Å². The number of nitrogens with one attached hydrogen (secondary N) is 3. The lowest BCUT2D eigenvalue weighted by atomic mass is 10.0. The Morgan fingerprint density at radius 3 is 2.45 bits per heavy atom. The number of carbonyl (C=O) groups is 5. The van der Waals surface area contributed by atoms with Crippen molar-refractivity contribution in [1.82, 2.24) is 20.9 Å². The maximum Gasteiger partial charge on any atom is 0.408 e. The zero-order valence-corrected chi connectivity index (χ0v) is 23.8. The van der Waals surface area contributed by atoms with Gasteiger partial charge in [0.2, 0.25) is 23.6 Å². The number of allylic oxidation sites excluding steroid dienone is 1. The number of alkyl halides is 1. The summed E-state index contributed by atoms with van der Waals surface area (Å²) in [5.74, 6) is -2.16. The normalized spacial score (nSPS) is 23.4. The number of benzene rings is 1. The molecular weight excluding hydrogens is 538 g/mol. The van der Waals surface area contributed by atoms with Crippen LogP contribution >= 0.6 is 11.6 Å². The zero-order valence-electron chi connectivity index (χ0n) is 23.1. The molecule has 0 radical (unpaired) electrons. The van der Waals surface area contributed by atoms with E-state index >= 15 is 0 Å². The van der Waals surface area contributed by atoms with Gasteiger partial charge in [-0.05, 0) is 51.5 Å². The molecule has 1 heterocycles. The molecular formula is C28H38ClN5O6. The van der Waals surface area contributed by atoms with Crippen LogP contribution in [0, 0.1) is 11.3 Å². The highest BCUT2D eigenvalue weighted by molar-refractivity contribution is 6.30. The lowest BCUT2D eigenvalue weighted by molar-refractivity contribution is -0.140. The molecule has 1 aliphatic heterocycles. The second-order valence-corrected chi connectivity index (χ2v) is 11.6. The molecule has 5 atom stereocenters. The number of halogens is 1. The quantitative estimate of drug-likeness (QED) is 0.232. The molecule has 1 aromatic rings. The molecule has 1 aromatic carbocycles. The summed E-state index contributed by atoms with van der Waals surface area (Å²) in [4.78, 5) is 65.4. The highest BCUT2D eigenvalue weighted by Gasteiger charge is 2.57. The molecule has 40 heavy (non-hydrogen) atoms. The van der Waals surface area contributed by atoms with Gasteiger partial charge in [-0.2, -0.15) is 0 Å². The average Bonchev–Trinajstić information content (AvgIpc) is 3.43. The van der Waals surface area contributed by atoms with Crippen LogP contribution < -0.4 is 21.7 Å². The van der Waals surface area contributed by atoms with E-state index in [1.165, 1.54) is 4.90 Å². The summed E-state index contributed by atoms with van der Waals surface area (Å²) in [5.41, 5.74) is 4.44. The number of nitrogens with zero attached hydrogens (tertiary/aromatic N) is 1. The molecule has 5 N–H and O–H groups in total.